The first-order chi connectivity index (χ1) is 10.6. The smallest absolute Gasteiger partial charge is 0.243 e. The highest BCUT2D eigenvalue weighted by molar-refractivity contribution is 6.35. The zero-order valence-electron chi connectivity index (χ0n) is 12.0. The molecule has 0 unspecified atom stereocenters. The summed E-state index contributed by atoms with van der Waals surface area (Å²) < 4.78 is 5.49. The van der Waals surface area contributed by atoms with Crippen molar-refractivity contribution in [1.29, 1.82) is 0 Å². The van der Waals surface area contributed by atoms with Gasteiger partial charge in [0, 0.05) is 5.02 Å². The van der Waals surface area contributed by atoms with E-state index in [-0.39, 0.29) is 12.5 Å². The fourth-order valence-electron chi connectivity index (χ4n) is 1.86. The van der Waals surface area contributed by atoms with Gasteiger partial charge in [0.2, 0.25) is 5.91 Å². The Morgan fingerprint density at radius 1 is 1.14 bits per heavy atom. The number of carbonyl (C=O) groups excluding carboxylic acids is 1. The van der Waals surface area contributed by atoms with Crippen LogP contribution >= 0.6 is 23.2 Å². The molecule has 0 spiro atoms. The zero-order valence-corrected chi connectivity index (χ0v) is 13.5. The first-order valence-corrected chi connectivity index (χ1v) is 7.56. The van der Waals surface area contributed by atoms with Gasteiger partial charge in [0.05, 0.1) is 29.5 Å². The van der Waals surface area contributed by atoms with Crippen molar-refractivity contribution in [3.63, 3.8) is 0 Å². The number of hydrogen-bond acceptors (Lipinski definition) is 3. The van der Waals surface area contributed by atoms with Gasteiger partial charge in [-0.05, 0) is 37.3 Å². The second kappa shape index (κ2) is 7.92. The minimum Gasteiger partial charge on any atom is -0.492 e. The predicted molar refractivity (Wildman–Crippen MR) is 91.2 cm³/mol. The SMILES string of the molecule is CCOc1ccccc1NCC(=O)Nc1cc(Cl)ccc1Cl. The van der Waals surface area contributed by atoms with Crippen LogP contribution < -0.4 is 15.4 Å². The number of ether oxygens (including phenoxy) is 1. The van der Waals surface area contributed by atoms with Crippen LogP contribution in [0.1, 0.15) is 6.92 Å². The predicted octanol–water partition coefficient (Wildman–Crippen LogP) is 4.44. The zero-order chi connectivity index (χ0) is 15.9. The van der Waals surface area contributed by atoms with E-state index < -0.39 is 0 Å². The van der Waals surface area contributed by atoms with Crippen molar-refractivity contribution in [3.8, 4) is 5.75 Å². The van der Waals surface area contributed by atoms with E-state index in [4.69, 9.17) is 27.9 Å². The number of benzene rings is 2. The summed E-state index contributed by atoms with van der Waals surface area (Å²) in [6.45, 7) is 2.56. The normalized spacial score (nSPS) is 10.1. The highest BCUT2D eigenvalue weighted by Crippen LogP contribution is 2.26. The molecule has 2 aromatic rings. The third-order valence-corrected chi connectivity index (χ3v) is 3.39. The summed E-state index contributed by atoms with van der Waals surface area (Å²) in [4.78, 5) is 12.0. The first-order valence-electron chi connectivity index (χ1n) is 6.80. The Morgan fingerprint density at radius 3 is 2.68 bits per heavy atom. The Bertz CT molecular complexity index is 662. The van der Waals surface area contributed by atoms with Crippen molar-refractivity contribution < 1.29 is 9.53 Å². The molecule has 0 heterocycles. The van der Waals surface area contributed by atoms with Gasteiger partial charge in [0.25, 0.3) is 0 Å². The molecule has 1 amide bonds. The molecular formula is C16H16Cl2N2O2. The van der Waals surface area contributed by atoms with E-state index in [1.165, 1.54) is 0 Å². The number of hydrogen-bond donors (Lipinski definition) is 2. The Kier molecular flexibility index (Phi) is 5.92. The van der Waals surface area contributed by atoms with Crippen LogP contribution in [0, 0.1) is 0 Å². The largest absolute Gasteiger partial charge is 0.492 e. The number of amides is 1. The van der Waals surface area contributed by atoms with Crippen molar-refractivity contribution in [2.45, 2.75) is 6.92 Å². The quantitative estimate of drug-likeness (QED) is 0.818. The number of carbonyl (C=O) groups is 1. The molecule has 0 aliphatic carbocycles. The Labute approximate surface area is 139 Å². The van der Waals surface area contributed by atoms with E-state index >= 15 is 0 Å². The van der Waals surface area contributed by atoms with E-state index in [9.17, 15) is 4.79 Å². The minimum absolute atomic E-state index is 0.0902. The second-order valence-corrected chi connectivity index (χ2v) is 5.30. The van der Waals surface area contributed by atoms with Gasteiger partial charge >= 0.3 is 0 Å². The van der Waals surface area contributed by atoms with E-state index in [0.717, 1.165) is 5.69 Å². The Balaban J connectivity index is 1.97. The van der Waals surface area contributed by atoms with Crippen molar-refractivity contribution in [2.75, 3.05) is 23.8 Å². The van der Waals surface area contributed by atoms with Crippen LogP contribution in [-0.2, 0) is 4.79 Å². The second-order valence-electron chi connectivity index (χ2n) is 4.46. The number of rotatable bonds is 6. The van der Waals surface area contributed by atoms with Gasteiger partial charge < -0.3 is 15.4 Å². The van der Waals surface area contributed by atoms with Crippen molar-refractivity contribution in [1.82, 2.24) is 0 Å². The van der Waals surface area contributed by atoms with Crippen LogP contribution in [-0.4, -0.2) is 19.1 Å². The molecule has 0 atom stereocenters. The average molecular weight is 339 g/mol. The number of para-hydroxylation sites is 2. The molecule has 0 fully saturated rings. The molecule has 0 saturated heterocycles. The summed E-state index contributed by atoms with van der Waals surface area (Å²) in [5.41, 5.74) is 1.25. The van der Waals surface area contributed by atoms with Gasteiger partial charge in [-0.3, -0.25) is 4.79 Å². The molecule has 0 saturated carbocycles. The maximum atomic E-state index is 12.0. The topological polar surface area (TPSA) is 50.4 Å². The Morgan fingerprint density at radius 2 is 1.91 bits per heavy atom. The van der Waals surface area contributed by atoms with Crippen LogP contribution in [0.3, 0.4) is 0 Å². The van der Waals surface area contributed by atoms with Crippen LogP contribution in [0.4, 0.5) is 11.4 Å². The summed E-state index contributed by atoms with van der Waals surface area (Å²) in [6.07, 6.45) is 0. The molecule has 2 aromatic carbocycles. The minimum atomic E-state index is -0.226. The molecule has 2 rings (SSSR count). The Hall–Kier alpha value is -1.91. The maximum absolute atomic E-state index is 12.0. The summed E-state index contributed by atoms with van der Waals surface area (Å²) >= 11 is 11.9. The highest BCUT2D eigenvalue weighted by atomic mass is 35.5. The fourth-order valence-corrected chi connectivity index (χ4v) is 2.19. The van der Waals surface area contributed by atoms with Crippen LogP contribution in [0.5, 0.6) is 5.75 Å². The van der Waals surface area contributed by atoms with E-state index in [1.807, 2.05) is 31.2 Å². The lowest BCUT2D eigenvalue weighted by molar-refractivity contribution is -0.114. The third kappa shape index (κ3) is 4.55. The molecule has 116 valence electrons. The fraction of sp³-hybridized carbons (Fsp3) is 0.188. The summed E-state index contributed by atoms with van der Waals surface area (Å²) in [5, 5.41) is 6.70. The van der Waals surface area contributed by atoms with Gasteiger partial charge in [-0.2, -0.15) is 0 Å². The van der Waals surface area contributed by atoms with Crippen molar-refractivity contribution in [2.24, 2.45) is 0 Å². The first kappa shape index (κ1) is 16.5. The third-order valence-electron chi connectivity index (χ3n) is 2.83. The number of halogens is 2. The molecule has 6 heteroatoms. The monoisotopic (exact) mass is 338 g/mol. The number of anilines is 2. The van der Waals surface area contributed by atoms with Gasteiger partial charge in [-0.1, -0.05) is 35.3 Å². The van der Waals surface area contributed by atoms with Crippen molar-refractivity contribution in [3.05, 3.63) is 52.5 Å². The molecule has 0 aromatic heterocycles. The summed E-state index contributed by atoms with van der Waals surface area (Å²) in [5.74, 6) is 0.481. The highest BCUT2D eigenvalue weighted by Gasteiger charge is 2.08. The molecule has 2 N–H and O–H groups in total. The summed E-state index contributed by atoms with van der Waals surface area (Å²) in [7, 11) is 0. The lowest BCUT2D eigenvalue weighted by atomic mass is 10.3. The summed E-state index contributed by atoms with van der Waals surface area (Å²) in [6, 6.07) is 12.4. The van der Waals surface area contributed by atoms with Gasteiger partial charge in [-0.25, -0.2) is 0 Å². The molecular weight excluding hydrogens is 323 g/mol. The van der Waals surface area contributed by atoms with Crippen LogP contribution in [0.2, 0.25) is 10.0 Å². The van der Waals surface area contributed by atoms with Crippen LogP contribution in [0.15, 0.2) is 42.5 Å². The van der Waals surface area contributed by atoms with Crippen molar-refractivity contribution >= 4 is 40.5 Å². The lowest BCUT2D eigenvalue weighted by Gasteiger charge is -2.12. The maximum Gasteiger partial charge on any atom is 0.243 e. The molecule has 4 nitrogen and oxygen atoms in total. The molecule has 0 radical (unpaired) electrons. The molecule has 0 bridgehead atoms. The lowest BCUT2D eigenvalue weighted by Crippen LogP contribution is -2.22. The van der Waals surface area contributed by atoms with E-state index in [2.05, 4.69) is 10.6 Å². The number of nitrogens with one attached hydrogen (secondary N) is 2. The molecule has 0 aliphatic heterocycles. The average Bonchev–Trinajstić information content (AvgIpc) is 2.50. The van der Waals surface area contributed by atoms with Gasteiger partial charge in [-0.15, -0.1) is 0 Å². The van der Waals surface area contributed by atoms with E-state index in [1.54, 1.807) is 18.2 Å². The van der Waals surface area contributed by atoms with Crippen LogP contribution in [0.25, 0.3) is 0 Å². The standard InChI is InChI=1S/C16H16Cl2N2O2/c1-2-22-15-6-4-3-5-13(15)19-10-16(21)20-14-9-11(17)7-8-12(14)18/h3-9,19H,2,10H2,1H3,(H,20,21). The van der Waals surface area contributed by atoms with Gasteiger partial charge in [0.1, 0.15) is 5.75 Å². The van der Waals surface area contributed by atoms with Gasteiger partial charge in [0.15, 0.2) is 0 Å². The molecule has 0 aliphatic rings. The van der Waals surface area contributed by atoms with E-state index in [0.29, 0.717) is 28.1 Å². The molecule has 22 heavy (non-hydrogen) atoms.